The predicted molar refractivity (Wildman–Crippen MR) is 67.0 cm³/mol. The van der Waals surface area contributed by atoms with E-state index in [0.29, 0.717) is 10.2 Å². The molecule has 0 aliphatic rings. The highest BCUT2D eigenvalue weighted by Crippen LogP contribution is 2.23. The van der Waals surface area contributed by atoms with Crippen molar-refractivity contribution in [2.75, 3.05) is 5.32 Å². The van der Waals surface area contributed by atoms with Crippen molar-refractivity contribution in [3.63, 3.8) is 0 Å². The number of nitrogens with one attached hydrogen (secondary N) is 1. The van der Waals surface area contributed by atoms with E-state index >= 15 is 0 Å². The largest absolute Gasteiger partial charge is 0.430 e. The Balaban J connectivity index is 2.23. The van der Waals surface area contributed by atoms with Gasteiger partial charge in [0.15, 0.2) is 0 Å². The van der Waals surface area contributed by atoms with Crippen LogP contribution in [0.2, 0.25) is 0 Å². The number of rotatable bonds is 2. The molecule has 2 aromatic rings. The van der Waals surface area contributed by atoms with Crippen LogP contribution in [-0.2, 0) is 0 Å². The monoisotopic (exact) mass is 311 g/mol. The number of benzene rings is 1. The van der Waals surface area contributed by atoms with Crippen molar-refractivity contribution in [3.05, 3.63) is 62.9 Å². The van der Waals surface area contributed by atoms with E-state index in [0.717, 1.165) is 12.3 Å². The highest BCUT2D eigenvalue weighted by atomic mass is 79.9. The van der Waals surface area contributed by atoms with Gasteiger partial charge in [0, 0.05) is 10.5 Å². The molecular weight excluding hydrogens is 305 g/mol. The zero-order valence-corrected chi connectivity index (χ0v) is 10.5. The van der Waals surface area contributed by atoms with Gasteiger partial charge in [-0.3, -0.25) is 4.79 Å². The standard InChI is InChI=1S/C12H7BrFNO3/c13-9-3-2-8(14)5-10(9)15-12(17)7-1-4-11(16)18-6-7/h1-6H,(H,15,17). The molecule has 1 amide bonds. The maximum Gasteiger partial charge on any atom is 0.335 e. The zero-order chi connectivity index (χ0) is 13.1. The van der Waals surface area contributed by atoms with E-state index in [9.17, 15) is 14.0 Å². The van der Waals surface area contributed by atoms with Gasteiger partial charge >= 0.3 is 5.63 Å². The summed E-state index contributed by atoms with van der Waals surface area (Å²) in [5.74, 6) is -0.960. The lowest BCUT2D eigenvalue weighted by molar-refractivity contribution is 0.102. The van der Waals surface area contributed by atoms with E-state index in [1.807, 2.05) is 0 Å². The molecule has 0 radical (unpaired) electrons. The van der Waals surface area contributed by atoms with Crippen LogP contribution in [0.15, 0.2) is 50.3 Å². The molecule has 92 valence electrons. The average molecular weight is 312 g/mol. The molecule has 18 heavy (non-hydrogen) atoms. The van der Waals surface area contributed by atoms with Crippen molar-refractivity contribution in [1.82, 2.24) is 0 Å². The number of hydrogen-bond acceptors (Lipinski definition) is 3. The second kappa shape index (κ2) is 5.14. The van der Waals surface area contributed by atoms with E-state index in [1.165, 1.54) is 24.3 Å². The number of carbonyl (C=O) groups is 1. The minimum absolute atomic E-state index is 0.172. The molecule has 0 unspecified atom stereocenters. The Morgan fingerprint density at radius 1 is 1.28 bits per heavy atom. The molecule has 1 aromatic heterocycles. The van der Waals surface area contributed by atoms with E-state index < -0.39 is 17.3 Å². The first kappa shape index (κ1) is 12.5. The summed E-state index contributed by atoms with van der Waals surface area (Å²) in [4.78, 5) is 22.5. The summed E-state index contributed by atoms with van der Waals surface area (Å²) in [7, 11) is 0. The lowest BCUT2D eigenvalue weighted by Crippen LogP contribution is -2.13. The fraction of sp³-hybridized carbons (Fsp3) is 0. The zero-order valence-electron chi connectivity index (χ0n) is 8.94. The number of carbonyl (C=O) groups excluding carboxylic acids is 1. The van der Waals surface area contributed by atoms with Gasteiger partial charge in [0.25, 0.3) is 5.91 Å². The average Bonchev–Trinajstić information content (AvgIpc) is 2.34. The molecule has 0 saturated heterocycles. The topological polar surface area (TPSA) is 59.3 Å². The van der Waals surface area contributed by atoms with Gasteiger partial charge in [0.2, 0.25) is 0 Å². The number of anilines is 1. The quantitative estimate of drug-likeness (QED) is 0.927. The second-order valence-electron chi connectivity index (χ2n) is 3.42. The van der Waals surface area contributed by atoms with Crippen LogP contribution in [0, 0.1) is 5.82 Å². The third kappa shape index (κ3) is 2.84. The van der Waals surface area contributed by atoms with E-state index in [1.54, 1.807) is 0 Å². The van der Waals surface area contributed by atoms with E-state index in [2.05, 4.69) is 25.7 Å². The summed E-state index contributed by atoms with van der Waals surface area (Å²) < 4.78 is 18.1. The third-order valence-electron chi connectivity index (χ3n) is 2.14. The molecular formula is C12H7BrFNO3. The van der Waals surface area contributed by atoms with Crippen molar-refractivity contribution in [2.45, 2.75) is 0 Å². The van der Waals surface area contributed by atoms with Crippen LogP contribution in [0.3, 0.4) is 0 Å². The van der Waals surface area contributed by atoms with Crippen LogP contribution in [0.4, 0.5) is 10.1 Å². The fourth-order valence-corrected chi connectivity index (χ4v) is 1.62. The van der Waals surface area contributed by atoms with Crippen LogP contribution in [-0.4, -0.2) is 5.91 Å². The molecule has 0 aliphatic carbocycles. The summed E-state index contributed by atoms with van der Waals surface area (Å²) in [6, 6.07) is 6.39. The Kier molecular flexibility index (Phi) is 3.57. The van der Waals surface area contributed by atoms with Gasteiger partial charge in [-0.25, -0.2) is 9.18 Å². The summed E-state index contributed by atoms with van der Waals surface area (Å²) in [5.41, 5.74) is -0.0737. The molecule has 1 N–H and O–H groups in total. The fourth-order valence-electron chi connectivity index (χ4n) is 1.27. The van der Waals surface area contributed by atoms with Gasteiger partial charge in [0.1, 0.15) is 12.1 Å². The summed E-state index contributed by atoms with van der Waals surface area (Å²) >= 11 is 3.19. The molecule has 4 nitrogen and oxygen atoms in total. The van der Waals surface area contributed by atoms with E-state index in [4.69, 9.17) is 0 Å². The van der Waals surface area contributed by atoms with Gasteiger partial charge in [-0.15, -0.1) is 0 Å². The Hall–Kier alpha value is -1.95. The number of amides is 1. The van der Waals surface area contributed by atoms with E-state index in [-0.39, 0.29) is 5.56 Å². The molecule has 1 aromatic carbocycles. The maximum atomic E-state index is 13.0. The van der Waals surface area contributed by atoms with Crippen LogP contribution in [0.1, 0.15) is 10.4 Å². The Morgan fingerprint density at radius 2 is 2.06 bits per heavy atom. The molecule has 0 fully saturated rings. The molecule has 0 aliphatic heterocycles. The SMILES string of the molecule is O=C(Nc1cc(F)ccc1Br)c1ccc(=O)oc1. The normalized spacial score (nSPS) is 10.1. The van der Waals surface area contributed by atoms with Crippen molar-refractivity contribution >= 4 is 27.5 Å². The lowest BCUT2D eigenvalue weighted by Gasteiger charge is -2.06. The van der Waals surface area contributed by atoms with Gasteiger partial charge in [0.05, 0.1) is 11.3 Å². The molecule has 6 heteroatoms. The third-order valence-corrected chi connectivity index (χ3v) is 2.83. The molecule has 0 saturated carbocycles. The molecule has 1 heterocycles. The molecule has 0 atom stereocenters. The Morgan fingerprint density at radius 3 is 2.72 bits per heavy atom. The van der Waals surface area contributed by atoms with Crippen molar-refractivity contribution in [1.29, 1.82) is 0 Å². The smallest absolute Gasteiger partial charge is 0.335 e. The molecule has 2 rings (SSSR count). The van der Waals surface area contributed by atoms with Crippen LogP contribution in [0.5, 0.6) is 0 Å². The minimum Gasteiger partial charge on any atom is -0.430 e. The van der Waals surface area contributed by atoms with Crippen LogP contribution in [0.25, 0.3) is 0 Å². The van der Waals surface area contributed by atoms with Gasteiger partial charge < -0.3 is 9.73 Å². The highest BCUT2D eigenvalue weighted by molar-refractivity contribution is 9.10. The minimum atomic E-state index is -0.543. The first-order chi connectivity index (χ1) is 8.56. The highest BCUT2D eigenvalue weighted by Gasteiger charge is 2.09. The second-order valence-corrected chi connectivity index (χ2v) is 4.28. The van der Waals surface area contributed by atoms with Gasteiger partial charge in [-0.2, -0.15) is 0 Å². The Bertz CT molecular complexity index is 634. The first-order valence-corrected chi connectivity index (χ1v) is 5.71. The summed E-state index contributed by atoms with van der Waals surface area (Å²) in [6.07, 6.45) is 1.05. The molecule has 0 spiro atoms. The number of halogens is 2. The van der Waals surface area contributed by atoms with Gasteiger partial charge in [-0.05, 0) is 40.2 Å². The molecule has 0 bridgehead atoms. The Labute approximate surface area is 110 Å². The van der Waals surface area contributed by atoms with Crippen LogP contribution >= 0.6 is 15.9 Å². The lowest BCUT2D eigenvalue weighted by atomic mass is 10.2. The summed E-state index contributed by atoms with van der Waals surface area (Å²) in [6.45, 7) is 0. The van der Waals surface area contributed by atoms with Crippen molar-refractivity contribution < 1.29 is 13.6 Å². The van der Waals surface area contributed by atoms with Crippen LogP contribution < -0.4 is 10.9 Å². The van der Waals surface area contributed by atoms with Crippen molar-refractivity contribution in [3.8, 4) is 0 Å². The number of hydrogen-bond donors (Lipinski definition) is 1. The van der Waals surface area contributed by atoms with Crippen molar-refractivity contribution in [2.24, 2.45) is 0 Å². The maximum absolute atomic E-state index is 13.0. The summed E-state index contributed by atoms with van der Waals surface area (Å²) in [5, 5.41) is 2.50. The first-order valence-electron chi connectivity index (χ1n) is 4.91. The predicted octanol–water partition coefficient (Wildman–Crippen LogP) is 2.79. The van der Waals surface area contributed by atoms with Gasteiger partial charge in [-0.1, -0.05) is 0 Å².